The number of benzene rings is 1. The van der Waals surface area contributed by atoms with Crippen molar-refractivity contribution in [3.05, 3.63) is 64.7 Å². The van der Waals surface area contributed by atoms with Gasteiger partial charge in [0.2, 0.25) is 0 Å². The predicted octanol–water partition coefficient (Wildman–Crippen LogP) is 3.74. The predicted molar refractivity (Wildman–Crippen MR) is 105 cm³/mol. The maximum Gasteiger partial charge on any atom is 0.194 e. The number of nitrogens with one attached hydrogen (secondary N) is 2. The summed E-state index contributed by atoms with van der Waals surface area (Å²) < 4.78 is 0. The normalized spacial score (nSPS) is 11.5. The maximum absolute atomic E-state index is 4.72. The third-order valence-corrected chi connectivity index (χ3v) is 4.62. The number of guanidine groups is 1. The Balaban J connectivity index is 1.67. The van der Waals surface area contributed by atoms with E-state index in [1.54, 1.807) is 11.3 Å². The van der Waals surface area contributed by atoms with Gasteiger partial charge in [-0.05, 0) is 23.9 Å². The average Bonchev–Trinajstić information content (AvgIpc) is 3.31. The summed E-state index contributed by atoms with van der Waals surface area (Å²) >= 11 is 1.73. The van der Waals surface area contributed by atoms with E-state index in [2.05, 4.69) is 56.8 Å². The molecule has 2 aromatic heterocycles. The molecule has 0 aliphatic carbocycles. The van der Waals surface area contributed by atoms with Crippen LogP contribution in [0.25, 0.3) is 11.3 Å². The van der Waals surface area contributed by atoms with Crippen LogP contribution in [0.5, 0.6) is 0 Å². The number of aromatic amines is 1. The first-order chi connectivity index (χ1) is 12.3. The van der Waals surface area contributed by atoms with Crippen LogP contribution in [0.4, 0.5) is 0 Å². The molecule has 2 N–H and O–H groups in total. The van der Waals surface area contributed by atoms with Crippen molar-refractivity contribution in [3.8, 4) is 11.3 Å². The zero-order valence-electron chi connectivity index (χ0n) is 14.6. The summed E-state index contributed by atoms with van der Waals surface area (Å²) in [5, 5.41) is 5.42. The Labute approximate surface area is 152 Å². The second kappa shape index (κ2) is 8.48. The number of aliphatic imine (C=N–C) groups is 1. The van der Waals surface area contributed by atoms with Crippen LogP contribution in [0.1, 0.15) is 17.6 Å². The van der Waals surface area contributed by atoms with Crippen molar-refractivity contribution in [1.29, 1.82) is 0 Å². The van der Waals surface area contributed by atoms with E-state index in [0.29, 0.717) is 13.1 Å². The highest BCUT2D eigenvalue weighted by molar-refractivity contribution is 7.09. The molecule has 0 aliphatic rings. The molecule has 6 heteroatoms. The highest BCUT2D eigenvalue weighted by Gasteiger charge is 2.10. The lowest BCUT2D eigenvalue weighted by molar-refractivity contribution is 0.464. The van der Waals surface area contributed by atoms with Crippen molar-refractivity contribution >= 4 is 17.3 Å². The fraction of sp³-hybridized carbons (Fsp3) is 0.263. The summed E-state index contributed by atoms with van der Waals surface area (Å²) in [4.78, 5) is 16.0. The van der Waals surface area contributed by atoms with E-state index in [-0.39, 0.29) is 0 Å². The number of imidazole rings is 1. The van der Waals surface area contributed by atoms with E-state index in [9.17, 15) is 0 Å². The number of rotatable bonds is 6. The van der Waals surface area contributed by atoms with Crippen molar-refractivity contribution in [1.82, 2.24) is 20.2 Å². The molecule has 0 spiro atoms. The fourth-order valence-corrected chi connectivity index (χ4v) is 3.16. The molecule has 0 unspecified atom stereocenters. The molecule has 25 heavy (non-hydrogen) atoms. The molecule has 2 heterocycles. The van der Waals surface area contributed by atoms with Crippen LogP contribution in [0.3, 0.4) is 0 Å². The monoisotopic (exact) mass is 353 g/mol. The Morgan fingerprint density at radius 3 is 2.80 bits per heavy atom. The molecule has 3 rings (SSSR count). The Morgan fingerprint density at radius 2 is 2.08 bits per heavy atom. The lowest BCUT2D eigenvalue weighted by atomic mass is 10.2. The van der Waals surface area contributed by atoms with Crippen molar-refractivity contribution in [2.24, 2.45) is 4.99 Å². The maximum atomic E-state index is 4.72. The lowest BCUT2D eigenvalue weighted by Crippen LogP contribution is -2.38. The molecule has 0 aliphatic heterocycles. The Kier molecular flexibility index (Phi) is 5.85. The third-order valence-electron chi connectivity index (χ3n) is 3.76. The average molecular weight is 353 g/mol. The first kappa shape index (κ1) is 17.2. The number of aromatic nitrogens is 2. The molecule has 5 nitrogen and oxygen atoms in total. The molecule has 0 saturated carbocycles. The minimum Gasteiger partial charge on any atom is -0.357 e. The molecule has 1 aromatic carbocycles. The SMILES string of the molecule is CCNC(=NCc1cccs1)N(C)Cc1ncc(-c2ccccc2)[nH]1. The van der Waals surface area contributed by atoms with E-state index in [1.165, 1.54) is 4.88 Å². The summed E-state index contributed by atoms with van der Waals surface area (Å²) in [7, 11) is 2.03. The second-order valence-electron chi connectivity index (χ2n) is 5.72. The van der Waals surface area contributed by atoms with Gasteiger partial charge in [-0.2, -0.15) is 0 Å². The first-order valence-corrected chi connectivity index (χ1v) is 9.25. The van der Waals surface area contributed by atoms with Crippen molar-refractivity contribution in [2.75, 3.05) is 13.6 Å². The fourth-order valence-electron chi connectivity index (χ4n) is 2.53. The molecule has 3 aromatic rings. The van der Waals surface area contributed by atoms with Crippen LogP contribution >= 0.6 is 11.3 Å². The lowest BCUT2D eigenvalue weighted by Gasteiger charge is -2.20. The van der Waals surface area contributed by atoms with Gasteiger partial charge in [-0.15, -0.1) is 11.3 Å². The summed E-state index contributed by atoms with van der Waals surface area (Å²) in [5.41, 5.74) is 2.17. The van der Waals surface area contributed by atoms with Gasteiger partial charge in [0.1, 0.15) is 5.82 Å². The van der Waals surface area contributed by atoms with E-state index in [0.717, 1.165) is 29.6 Å². The molecule has 0 radical (unpaired) electrons. The molecular formula is C19H23N5S. The first-order valence-electron chi connectivity index (χ1n) is 8.37. The van der Waals surface area contributed by atoms with Gasteiger partial charge in [-0.25, -0.2) is 9.98 Å². The van der Waals surface area contributed by atoms with Crippen LogP contribution < -0.4 is 5.32 Å². The minimum atomic E-state index is 0.670. The summed E-state index contributed by atoms with van der Waals surface area (Å²) in [6.45, 7) is 4.27. The number of thiophene rings is 1. The topological polar surface area (TPSA) is 56.3 Å². The molecule has 0 fully saturated rings. The van der Waals surface area contributed by atoms with Gasteiger partial charge in [-0.1, -0.05) is 36.4 Å². The quantitative estimate of drug-likeness (QED) is 0.524. The van der Waals surface area contributed by atoms with Crippen molar-refractivity contribution in [2.45, 2.75) is 20.0 Å². The zero-order chi connectivity index (χ0) is 17.5. The van der Waals surface area contributed by atoms with Gasteiger partial charge in [0.15, 0.2) is 5.96 Å². The summed E-state index contributed by atoms with van der Waals surface area (Å²) in [6.07, 6.45) is 1.88. The molecule has 0 saturated heterocycles. The van der Waals surface area contributed by atoms with E-state index in [4.69, 9.17) is 4.99 Å². The number of H-pyrrole nitrogens is 1. The molecule has 130 valence electrons. The standard InChI is InChI=1S/C19H23N5S/c1-3-20-19(22-12-16-10-7-11-25-16)24(2)14-18-21-13-17(23-18)15-8-5-4-6-9-15/h4-11,13H,3,12,14H2,1-2H3,(H,20,22)(H,21,23). The van der Waals surface area contributed by atoms with Crippen LogP contribution in [-0.4, -0.2) is 34.4 Å². The zero-order valence-corrected chi connectivity index (χ0v) is 15.4. The van der Waals surface area contributed by atoms with Crippen LogP contribution in [0.2, 0.25) is 0 Å². The summed E-state index contributed by atoms with van der Waals surface area (Å²) in [5.74, 6) is 1.80. The third kappa shape index (κ3) is 4.70. The van der Waals surface area contributed by atoms with Gasteiger partial charge in [0, 0.05) is 18.5 Å². The van der Waals surface area contributed by atoms with E-state index >= 15 is 0 Å². The largest absolute Gasteiger partial charge is 0.357 e. The smallest absolute Gasteiger partial charge is 0.194 e. The number of hydrogen-bond acceptors (Lipinski definition) is 3. The van der Waals surface area contributed by atoms with Gasteiger partial charge < -0.3 is 15.2 Å². The van der Waals surface area contributed by atoms with Crippen LogP contribution in [-0.2, 0) is 13.1 Å². The van der Waals surface area contributed by atoms with Gasteiger partial charge >= 0.3 is 0 Å². The van der Waals surface area contributed by atoms with Crippen LogP contribution in [0.15, 0.2) is 59.0 Å². The number of hydrogen-bond donors (Lipinski definition) is 2. The highest BCUT2D eigenvalue weighted by Crippen LogP contribution is 2.16. The second-order valence-corrected chi connectivity index (χ2v) is 6.75. The minimum absolute atomic E-state index is 0.670. The Bertz CT molecular complexity index is 792. The van der Waals surface area contributed by atoms with Crippen molar-refractivity contribution < 1.29 is 0 Å². The van der Waals surface area contributed by atoms with E-state index in [1.807, 2.05) is 31.4 Å². The van der Waals surface area contributed by atoms with E-state index < -0.39 is 0 Å². The van der Waals surface area contributed by atoms with Crippen LogP contribution in [0, 0.1) is 0 Å². The van der Waals surface area contributed by atoms with Gasteiger partial charge in [0.05, 0.1) is 25.0 Å². The highest BCUT2D eigenvalue weighted by atomic mass is 32.1. The number of nitrogens with zero attached hydrogens (tertiary/aromatic N) is 3. The summed E-state index contributed by atoms with van der Waals surface area (Å²) in [6, 6.07) is 14.4. The van der Waals surface area contributed by atoms with Crippen molar-refractivity contribution in [3.63, 3.8) is 0 Å². The molecular weight excluding hydrogens is 330 g/mol. The van der Waals surface area contributed by atoms with Gasteiger partial charge in [-0.3, -0.25) is 0 Å². The molecule has 0 amide bonds. The molecule has 0 bridgehead atoms. The van der Waals surface area contributed by atoms with Gasteiger partial charge in [0.25, 0.3) is 0 Å². The Hall–Kier alpha value is -2.60. The Morgan fingerprint density at radius 1 is 1.24 bits per heavy atom. The molecule has 0 atom stereocenters.